The summed E-state index contributed by atoms with van der Waals surface area (Å²) in [6, 6.07) is 0. The first-order valence-electron chi connectivity index (χ1n) is 3.44. The predicted octanol–water partition coefficient (Wildman–Crippen LogP) is 0.929. The standard InChI is InChI=1S/C7H8N2O/c10-6-3-1-2-5-4-8-9-7(5)6/h4H,1-3H2,(H,8,9). The van der Waals surface area contributed by atoms with E-state index in [4.69, 9.17) is 0 Å². The molecular weight excluding hydrogens is 128 g/mol. The van der Waals surface area contributed by atoms with Crippen molar-refractivity contribution in [3.63, 3.8) is 0 Å². The van der Waals surface area contributed by atoms with Gasteiger partial charge in [0.2, 0.25) is 0 Å². The lowest BCUT2D eigenvalue weighted by Crippen LogP contribution is -2.09. The normalized spacial score (nSPS) is 17.0. The number of aromatic nitrogens is 2. The minimum atomic E-state index is 0.183. The quantitative estimate of drug-likeness (QED) is 0.576. The van der Waals surface area contributed by atoms with Gasteiger partial charge in [-0.2, -0.15) is 5.10 Å². The molecule has 3 heteroatoms. The van der Waals surface area contributed by atoms with Crippen molar-refractivity contribution in [2.75, 3.05) is 0 Å². The summed E-state index contributed by atoms with van der Waals surface area (Å²) in [4.78, 5) is 11.1. The zero-order valence-corrected chi connectivity index (χ0v) is 5.55. The summed E-state index contributed by atoms with van der Waals surface area (Å²) >= 11 is 0. The van der Waals surface area contributed by atoms with E-state index in [1.807, 2.05) is 6.20 Å². The van der Waals surface area contributed by atoms with Gasteiger partial charge >= 0.3 is 0 Å². The van der Waals surface area contributed by atoms with Crippen LogP contribution in [0.25, 0.3) is 0 Å². The van der Waals surface area contributed by atoms with Crippen molar-refractivity contribution in [1.29, 1.82) is 0 Å². The summed E-state index contributed by atoms with van der Waals surface area (Å²) in [6.45, 7) is 0. The first-order valence-corrected chi connectivity index (χ1v) is 3.44. The van der Waals surface area contributed by atoms with Gasteiger partial charge in [0.25, 0.3) is 0 Å². The molecule has 0 spiro atoms. The first-order chi connectivity index (χ1) is 4.88. The highest BCUT2D eigenvalue weighted by Gasteiger charge is 2.18. The third-order valence-corrected chi connectivity index (χ3v) is 1.83. The van der Waals surface area contributed by atoms with Gasteiger partial charge in [-0.05, 0) is 12.8 Å². The monoisotopic (exact) mass is 136 g/mol. The number of hydrogen-bond acceptors (Lipinski definition) is 2. The number of Topliss-reactive ketones (excluding diaryl/α,β-unsaturated/α-hetero) is 1. The number of hydrogen-bond donors (Lipinski definition) is 1. The molecule has 0 aromatic carbocycles. The Labute approximate surface area is 58.4 Å². The number of fused-ring (bicyclic) bond motifs is 1. The van der Waals surface area contributed by atoms with Crippen molar-refractivity contribution in [1.82, 2.24) is 10.2 Å². The van der Waals surface area contributed by atoms with Crippen molar-refractivity contribution >= 4 is 5.78 Å². The summed E-state index contributed by atoms with van der Waals surface area (Å²) in [7, 11) is 0. The number of H-pyrrole nitrogens is 1. The number of carbonyl (C=O) groups is 1. The largest absolute Gasteiger partial charge is 0.292 e. The second kappa shape index (κ2) is 1.94. The molecule has 1 aromatic rings. The Hall–Kier alpha value is -1.12. The minimum absolute atomic E-state index is 0.183. The number of carbonyl (C=O) groups excluding carboxylic acids is 1. The molecule has 0 fully saturated rings. The lowest BCUT2D eigenvalue weighted by Gasteiger charge is -2.05. The van der Waals surface area contributed by atoms with Crippen LogP contribution in [0.2, 0.25) is 0 Å². The van der Waals surface area contributed by atoms with Crippen molar-refractivity contribution < 1.29 is 4.79 Å². The van der Waals surface area contributed by atoms with Crippen LogP contribution in [0.4, 0.5) is 0 Å². The Morgan fingerprint density at radius 2 is 2.40 bits per heavy atom. The maximum Gasteiger partial charge on any atom is 0.183 e. The Balaban J connectivity index is 2.50. The fraction of sp³-hybridized carbons (Fsp3) is 0.429. The van der Waals surface area contributed by atoms with Crippen LogP contribution in [-0.2, 0) is 6.42 Å². The molecule has 0 aliphatic heterocycles. The third-order valence-electron chi connectivity index (χ3n) is 1.83. The average Bonchev–Trinajstić information content (AvgIpc) is 2.36. The number of ketones is 1. The molecule has 1 heterocycles. The topological polar surface area (TPSA) is 45.8 Å². The van der Waals surface area contributed by atoms with E-state index in [1.54, 1.807) is 0 Å². The Kier molecular flexibility index (Phi) is 1.09. The predicted molar refractivity (Wildman–Crippen MR) is 35.9 cm³/mol. The molecule has 2 rings (SSSR count). The maximum absolute atomic E-state index is 11.1. The molecule has 0 atom stereocenters. The summed E-state index contributed by atoms with van der Waals surface area (Å²) in [5, 5.41) is 6.56. The summed E-state index contributed by atoms with van der Waals surface area (Å²) in [5.74, 6) is 0.183. The number of nitrogens with one attached hydrogen (secondary N) is 1. The number of aryl methyl sites for hydroxylation is 1. The van der Waals surface area contributed by atoms with Crippen LogP contribution in [0.3, 0.4) is 0 Å². The Bertz CT molecular complexity index is 264. The molecule has 1 N–H and O–H groups in total. The molecule has 1 aliphatic carbocycles. The zero-order chi connectivity index (χ0) is 6.97. The molecular formula is C7H8N2O. The molecule has 52 valence electrons. The van der Waals surface area contributed by atoms with E-state index in [9.17, 15) is 4.79 Å². The summed E-state index contributed by atoms with van der Waals surface area (Å²) < 4.78 is 0. The van der Waals surface area contributed by atoms with Crippen LogP contribution in [0.5, 0.6) is 0 Å². The SMILES string of the molecule is O=C1CCCc2c[nH]nc21. The second-order valence-corrected chi connectivity index (χ2v) is 2.54. The van der Waals surface area contributed by atoms with E-state index in [0.29, 0.717) is 12.1 Å². The highest BCUT2D eigenvalue weighted by atomic mass is 16.1. The molecule has 1 aliphatic rings. The van der Waals surface area contributed by atoms with Crippen molar-refractivity contribution in [3.8, 4) is 0 Å². The van der Waals surface area contributed by atoms with Gasteiger partial charge < -0.3 is 0 Å². The molecule has 0 amide bonds. The highest BCUT2D eigenvalue weighted by Crippen LogP contribution is 2.17. The van der Waals surface area contributed by atoms with Crippen molar-refractivity contribution in [2.45, 2.75) is 19.3 Å². The number of aromatic amines is 1. The van der Waals surface area contributed by atoms with Crippen molar-refractivity contribution in [3.05, 3.63) is 17.5 Å². The molecule has 0 unspecified atom stereocenters. The van der Waals surface area contributed by atoms with E-state index >= 15 is 0 Å². The average molecular weight is 136 g/mol. The molecule has 10 heavy (non-hydrogen) atoms. The lowest BCUT2D eigenvalue weighted by atomic mass is 9.97. The summed E-state index contributed by atoms with van der Waals surface area (Å²) in [6.07, 6.45) is 4.45. The zero-order valence-electron chi connectivity index (χ0n) is 5.55. The van der Waals surface area contributed by atoms with Gasteiger partial charge in [0.15, 0.2) is 5.78 Å². The van der Waals surface area contributed by atoms with Gasteiger partial charge in [-0.15, -0.1) is 0 Å². The molecule has 0 radical (unpaired) electrons. The fourth-order valence-corrected chi connectivity index (χ4v) is 1.30. The summed E-state index contributed by atoms with van der Waals surface area (Å²) in [5.41, 5.74) is 1.74. The number of nitrogens with zero attached hydrogens (tertiary/aromatic N) is 1. The molecule has 0 bridgehead atoms. The first kappa shape index (κ1) is 5.65. The van der Waals surface area contributed by atoms with Gasteiger partial charge in [-0.1, -0.05) is 0 Å². The van der Waals surface area contributed by atoms with Gasteiger partial charge in [0.05, 0.1) is 0 Å². The maximum atomic E-state index is 11.1. The fourth-order valence-electron chi connectivity index (χ4n) is 1.30. The Morgan fingerprint density at radius 3 is 3.20 bits per heavy atom. The molecule has 1 aromatic heterocycles. The Morgan fingerprint density at radius 1 is 1.50 bits per heavy atom. The van der Waals surface area contributed by atoms with Crippen LogP contribution in [0, 0.1) is 0 Å². The van der Waals surface area contributed by atoms with E-state index in [0.717, 1.165) is 18.4 Å². The van der Waals surface area contributed by atoms with Crippen LogP contribution in [-0.4, -0.2) is 16.0 Å². The second-order valence-electron chi connectivity index (χ2n) is 2.54. The van der Waals surface area contributed by atoms with Gasteiger partial charge in [-0.25, -0.2) is 0 Å². The highest BCUT2D eigenvalue weighted by molar-refractivity contribution is 5.96. The smallest absolute Gasteiger partial charge is 0.183 e. The van der Waals surface area contributed by atoms with E-state index in [2.05, 4.69) is 10.2 Å². The van der Waals surface area contributed by atoms with Crippen LogP contribution < -0.4 is 0 Å². The van der Waals surface area contributed by atoms with E-state index < -0.39 is 0 Å². The third kappa shape index (κ3) is 0.667. The van der Waals surface area contributed by atoms with Gasteiger partial charge in [0, 0.05) is 18.2 Å². The van der Waals surface area contributed by atoms with Crippen LogP contribution in [0.1, 0.15) is 28.9 Å². The van der Waals surface area contributed by atoms with Gasteiger partial charge in [0.1, 0.15) is 5.69 Å². The van der Waals surface area contributed by atoms with Crippen LogP contribution >= 0.6 is 0 Å². The van der Waals surface area contributed by atoms with E-state index in [-0.39, 0.29) is 5.78 Å². The molecule has 0 saturated carbocycles. The molecule has 0 saturated heterocycles. The van der Waals surface area contributed by atoms with Gasteiger partial charge in [-0.3, -0.25) is 9.89 Å². The minimum Gasteiger partial charge on any atom is -0.292 e. The van der Waals surface area contributed by atoms with Crippen LogP contribution in [0.15, 0.2) is 6.20 Å². The van der Waals surface area contributed by atoms with Crippen molar-refractivity contribution in [2.24, 2.45) is 0 Å². The lowest BCUT2D eigenvalue weighted by molar-refractivity contribution is 0.0967. The number of rotatable bonds is 0. The molecule has 3 nitrogen and oxygen atoms in total. The van der Waals surface area contributed by atoms with E-state index in [1.165, 1.54) is 0 Å².